The van der Waals surface area contributed by atoms with Gasteiger partial charge >= 0.3 is 0 Å². The van der Waals surface area contributed by atoms with Gasteiger partial charge in [-0.05, 0) is 50.3 Å². The molecule has 1 saturated carbocycles. The average molecular weight is 267 g/mol. The number of phenols is 1. The van der Waals surface area contributed by atoms with Crippen LogP contribution >= 0.6 is 0 Å². The highest BCUT2D eigenvalue weighted by Crippen LogP contribution is 2.38. The molecule has 104 valence electrons. The molecular formula is C15H19F2NO. The van der Waals surface area contributed by atoms with Gasteiger partial charge in [0.2, 0.25) is 0 Å². The number of likely N-dealkylation sites (tertiary alicyclic amines) is 1. The number of phenolic OH excluding ortho intramolecular Hbond substituents is 1. The van der Waals surface area contributed by atoms with E-state index in [1.165, 1.54) is 19.3 Å². The Bertz CT molecular complexity index is 477. The predicted octanol–water partition coefficient (Wildman–Crippen LogP) is 3.43. The summed E-state index contributed by atoms with van der Waals surface area (Å²) in [6.07, 6.45) is 5.94. The van der Waals surface area contributed by atoms with Crippen molar-refractivity contribution in [2.24, 2.45) is 5.92 Å². The molecule has 1 heterocycles. The van der Waals surface area contributed by atoms with Crippen molar-refractivity contribution in [1.29, 1.82) is 0 Å². The highest BCUT2D eigenvalue weighted by molar-refractivity contribution is 5.31. The van der Waals surface area contributed by atoms with Crippen LogP contribution in [0, 0.1) is 17.6 Å². The Labute approximate surface area is 112 Å². The molecule has 2 fully saturated rings. The molecule has 0 amide bonds. The van der Waals surface area contributed by atoms with Crippen LogP contribution in [0.5, 0.6) is 5.75 Å². The van der Waals surface area contributed by atoms with Gasteiger partial charge in [0.1, 0.15) is 5.82 Å². The minimum Gasteiger partial charge on any atom is -0.505 e. The molecule has 0 aromatic heterocycles. The Morgan fingerprint density at radius 1 is 1.16 bits per heavy atom. The molecule has 1 saturated heterocycles. The first-order valence-corrected chi connectivity index (χ1v) is 7.06. The second-order valence-corrected chi connectivity index (χ2v) is 5.73. The van der Waals surface area contributed by atoms with Crippen LogP contribution in [0.1, 0.15) is 37.7 Å². The van der Waals surface area contributed by atoms with Crippen molar-refractivity contribution in [3.63, 3.8) is 0 Å². The molecule has 2 nitrogen and oxygen atoms in total. The average Bonchev–Trinajstić information content (AvgIpc) is 2.88. The van der Waals surface area contributed by atoms with Crippen molar-refractivity contribution >= 4 is 0 Å². The van der Waals surface area contributed by atoms with Crippen LogP contribution in [-0.4, -0.2) is 22.6 Å². The van der Waals surface area contributed by atoms with Gasteiger partial charge < -0.3 is 5.11 Å². The van der Waals surface area contributed by atoms with Gasteiger partial charge in [0, 0.05) is 18.2 Å². The summed E-state index contributed by atoms with van der Waals surface area (Å²) in [4.78, 5) is 2.20. The zero-order valence-corrected chi connectivity index (χ0v) is 10.9. The normalized spacial score (nSPS) is 27.5. The third-order valence-electron chi connectivity index (χ3n) is 4.64. The van der Waals surface area contributed by atoms with Gasteiger partial charge in [-0.15, -0.1) is 0 Å². The maximum absolute atomic E-state index is 13.8. The number of hydrogen-bond donors (Lipinski definition) is 1. The molecule has 1 aliphatic carbocycles. The van der Waals surface area contributed by atoms with Gasteiger partial charge in [-0.25, -0.2) is 8.78 Å². The number of benzene rings is 1. The summed E-state index contributed by atoms with van der Waals surface area (Å²) in [5.74, 6) is -1.14. The van der Waals surface area contributed by atoms with Crippen molar-refractivity contribution in [1.82, 2.24) is 4.90 Å². The molecule has 0 spiro atoms. The Kier molecular flexibility index (Phi) is 3.44. The van der Waals surface area contributed by atoms with E-state index in [0.717, 1.165) is 31.5 Å². The molecule has 4 heteroatoms. The lowest BCUT2D eigenvalue weighted by molar-refractivity contribution is 0.103. The van der Waals surface area contributed by atoms with Crippen molar-refractivity contribution in [3.05, 3.63) is 29.3 Å². The summed E-state index contributed by atoms with van der Waals surface area (Å²) in [7, 11) is 0. The van der Waals surface area contributed by atoms with Crippen LogP contribution in [0.4, 0.5) is 8.78 Å². The number of hydrogen-bond acceptors (Lipinski definition) is 2. The Balaban J connectivity index is 1.83. The van der Waals surface area contributed by atoms with E-state index in [9.17, 15) is 13.9 Å². The monoisotopic (exact) mass is 267 g/mol. The second kappa shape index (κ2) is 5.08. The molecule has 2 aliphatic rings. The van der Waals surface area contributed by atoms with E-state index in [-0.39, 0.29) is 12.1 Å². The number of piperidine rings is 1. The summed E-state index contributed by atoms with van der Waals surface area (Å²) in [6.45, 7) is 1.17. The van der Waals surface area contributed by atoms with Crippen LogP contribution in [0.25, 0.3) is 0 Å². The molecule has 2 unspecified atom stereocenters. The van der Waals surface area contributed by atoms with Crippen LogP contribution in [-0.2, 0) is 6.54 Å². The quantitative estimate of drug-likeness (QED) is 0.887. The summed E-state index contributed by atoms with van der Waals surface area (Å²) < 4.78 is 27.6. The number of nitrogens with zero attached hydrogens (tertiary/aromatic N) is 1. The van der Waals surface area contributed by atoms with Crippen molar-refractivity contribution in [2.75, 3.05) is 6.54 Å². The molecule has 0 radical (unpaired) electrons. The van der Waals surface area contributed by atoms with Gasteiger partial charge in [-0.2, -0.15) is 0 Å². The maximum Gasteiger partial charge on any atom is 0.172 e. The van der Waals surface area contributed by atoms with Crippen LogP contribution in [0.15, 0.2) is 12.1 Å². The molecule has 2 atom stereocenters. The van der Waals surface area contributed by atoms with Crippen LogP contribution < -0.4 is 0 Å². The Morgan fingerprint density at radius 3 is 2.79 bits per heavy atom. The topological polar surface area (TPSA) is 23.5 Å². The van der Waals surface area contributed by atoms with E-state index in [0.29, 0.717) is 12.0 Å². The molecule has 0 bridgehead atoms. The van der Waals surface area contributed by atoms with E-state index in [4.69, 9.17) is 0 Å². The van der Waals surface area contributed by atoms with E-state index in [2.05, 4.69) is 4.90 Å². The number of aromatic hydroxyl groups is 1. The fourth-order valence-electron chi connectivity index (χ4n) is 3.69. The van der Waals surface area contributed by atoms with Gasteiger partial charge in [0.25, 0.3) is 0 Å². The Morgan fingerprint density at radius 2 is 1.95 bits per heavy atom. The van der Waals surface area contributed by atoms with Gasteiger partial charge in [-0.3, -0.25) is 4.90 Å². The first kappa shape index (κ1) is 12.9. The molecular weight excluding hydrogens is 248 g/mol. The number of fused-ring (bicyclic) bond motifs is 1. The number of rotatable bonds is 2. The predicted molar refractivity (Wildman–Crippen MR) is 68.8 cm³/mol. The van der Waals surface area contributed by atoms with Crippen molar-refractivity contribution in [3.8, 4) is 5.75 Å². The van der Waals surface area contributed by atoms with E-state index < -0.39 is 17.4 Å². The first-order valence-electron chi connectivity index (χ1n) is 7.06. The highest BCUT2D eigenvalue weighted by Gasteiger charge is 2.35. The standard InChI is InChI=1S/C15H19F2NO/c16-12-6-7-14(19)15(17)11(12)9-18-8-2-4-10-3-1-5-13(10)18/h6-7,10,13,19H,1-5,8-9H2. The van der Waals surface area contributed by atoms with Crippen molar-refractivity contribution in [2.45, 2.75) is 44.7 Å². The van der Waals surface area contributed by atoms with Gasteiger partial charge in [0.05, 0.1) is 0 Å². The zero-order chi connectivity index (χ0) is 13.4. The molecule has 19 heavy (non-hydrogen) atoms. The van der Waals surface area contributed by atoms with E-state index in [1.54, 1.807) is 0 Å². The molecule has 1 N–H and O–H groups in total. The summed E-state index contributed by atoms with van der Waals surface area (Å²) in [5, 5.41) is 9.38. The summed E-state index contributed by atoms with van der Waals surface area (Å²) >= 11 is 0. The molecule has 3 rings (SSSR count). The molecule has 1 aliphatic heterocycles. The summed E-state index contributed by atoms with van der Waals surface area (Å²) in [6, 6.07) is 2.68. The fourth-order valence-corrected chi connectivity index (χ4v) is 3.69. The maximum atomic E-state index is 13.8. The zero-order valence-electron chi connectivity index (χ0n) is 10.9. The lowest BCUT2D eigenvalue weighted by atomic mass is 9.91. The minimum absolute atomic E-state index is 0.00699. The molecule has 1 aromatic rings. The SMILES string of the molecule is Oc1ccc(F)c(CN2CCCC3CCCC32)c1F. The lowest BCUT2D eigenvalue weighted by Crippen LogP contribution is -2.42. The number of halogens is 2. The second-order valence-electron chi connectivity index (χ2n) is 5.73. The minimum atomic E-state index is -0.805. The third kappa shape index (κ3) is 2.34. The van der Waals surface area contributed by atoms with E-state index >= 15 is 0 Å². The largest absolute Gasteiger partial charge is 0.505 e. The highest BCUT2D eigenvalue weighted by atomic mass is 19.1. The van der Waals surface area contributed by atoms with E-state index in [1.807, 2.05) is 0 Å². The van der Waals surface area contributed by atoms with Crippen molar-refractivity contribution < 1.29 is 13.9 Å². The first-order chi connectivity index (χ1) is 9.16. The van der Waals surface area contributed by atoms with Crippen LogP contribution in [0.2, 0.25) is 0 Å². The van der Waals surface area contributed by atoms with Gasteiger partial charge in [0.15, 0.2) is 11.6 Å². The third-order valence-corrected chi connectivity index (χ3v) is 4.64. The molecule has 1 aromatic carbocycles. The Hall–Kier alpha value is -1.16. The smallest absolute Gasteiger partial charge is 0.172 e. The fraction of sp³-hybridized carbons (Fsp3) is 0.600. The lowest BCUT2D eigenvalue weighted by Gasteiger charge is -2.37. The van der Waals surface area contributed by atoms with Crippen LogP contribution in [0.3, 0.4) is 0 Å². The van der Waals surface area contributed by atoms with Gasteiger partial charge in [-0.1, -0.05) is 6.42 Å². The summed E-state index contributed by atoms with van der Waals surface area (Å²) in [5.41, 5.74) is 0.00699.